The summed E-state index contributed by atoms with van der Waals surface area (Å²) in [6, 6.07) is 5.33. The van der Waals surface area contributed by atoms with Crippen molar-refractivity contribution in [3.63, 3.8) is 0 Å². The van der Waals surface area contributed by atoms with E-state index >= 15 is 0 Å². The van der Waals surface area contributed by atoms with E-state index in [0.717, 1.165) is 6.07 Å². The molecule has 1 aromatic carbocycles. The molecule has 0 amide bonds. The van der Waals surface area contributed by atoms with Crippen molar-refractivity contribution in [3.8, 4) is 0 Å². The Morgan fingerprint density at radius 2 is 1.68 bits per heavy atom. The highest BCUT2D eigenvalue weighted by molar-refractivity contribution is 5.95. The fourth-order valence-corrected chi connectivity index (χ4v) is 5.13. The molecule has 3 aliphatic heterocycles. The third kappa shape index (κ3) is 5.02. The van der Waals surface area contributed by atoms with Crippen LogP contribution in [0.25, 0.3) is 0 Å². The molecule has 1 atom stereocenters. The van der Waals surface area contributed by atoms with Crippen molar-refractivity contribution in [2.75, 3.05) is 74.3 Å². The summed E-state index contributed by atoms with van der Waals surface area (Å²) in [6.45, 7) is 7.51. The molecule has 3 aliphatic rings. The minimum absolute atomic E-state index is 0.0533. The Balaban J connectivity index is 1.76. The van der Waals surface area contributed by atoms with Gasteiger partial charge < -0.3 is 29.3 Å². The van der Waals surface area contributed by atoms with Crippen LogP contribution in [-0.2, 0) is 25.2 Å². The highest BCUT2D eigenvalue weighted by Crippen LogP contribution is 2.49. The number of alkyl halides is 3. The van der Waals surface area contributed by atoms with Crippen molar-refractivity contribution in [3.05, 3.63) is 52.2 Å². The number of esters is 1. The van der Waals surface area contributed by atoms with E-state index in [1.807, 2.05) is 9.80 Å². The van der Waals surface area contributed by atoms with E-state index < -0.39 is 23.6 Å². The number of nitrogens with one attached hydrogen (secondary N) is 1. The Morgan fingerprint density at radius 1 is 1.05 bits per heavy atom. The van der Waals surface area contributed by atoms with E-state index in [4.69, 9.17) is 24.2 Å². The first-order valence-electron chi connectivity index (χ1n) is 12.7. The smallest absolute Gasteiger partial charge is 0.416 e. The quantitative estimate of drug-likeness (QED) is 0.580. The van der Waals surface area contributed by atoms with Crippen LogP contribution in [0.5, 0.6) is 0 Å². The summed E-state index contributed by atoms with van der Waals surface area (Å²) < 4.78 is 59.2. The molecule has 0 spiro atoms. The number of hydrogen-bond acceptors (Lipinski definition) is 9. The van der Waals surface area contributed by atoms with E-state index in [9.17, 15) is 18.0 Å². The number of halogens is 3. The minimum atomic E-state index is -4.64. The number of anilines is 3. The van der Waals surface area contributed by atoms with Crippen molar-refractivity contribution in [1.29, 1.82) is 0 Å². The molecular formula is C26H30F3N5O4. The predicted octanol–water partition coefficient (Wildman–Crippen LogP) is 3.56. The van der Waals surface area contributed by atoms with Crippen LogP contribution in [0, 0.1) is 0 Å². The molecule has 2 aromatic rings. The maximum absolute atomic E-state index is 14.3. The van der Waals surface area contributed by atoms with Gasteiger partial charge in [-0.2, -0.15) is 23.1 Å². The average molecular weight is 534 g/mol. The lowest BCUT2D eigenvalue weighted by atomic mass is 9.79. The van der Waals surface area contributed by atoms with Gasteiger partial charge in [0.05, 0.1) is 50.1 Å². The van der Waals surface area contributed by atoms with E-state index in [-0.39, 0.29) is 17.7 Å². The highest BCUT2D eigenvalue weighted by Gasteiger charge is 2.43. The third-order valence-electron chi connectivity index (χ3n) is 6.88. The maximum Gasteiger partial charge on any atom is 0.416 e. The second kappa shape index (κ2) is 10.8. The largest absolute Gasteiger partial charge is 0.463 e. The zero-order chi connectivity index (χ0) is 26.9. The van der Waals surface area contributed by atoms with E-state index in [0.29, 0.717) is 81.5 Å². The number of carbonyl (C=O) groups is 1. The number of rotatable bonds is 5. The fourth-order valence-electron chi connectivity index (χ4n) is 5.13. The number of fused-ring (bicyclic) bond motifs is 1. The number of allylic oxidation sites excluding steroid dienone is 1. The molecule has 204 valence electrons. The van der Waals surface area contributed by atoms with Crippen LogP contribution in [-0.4, -0.2) is 75.2 Å². The van der Waals surface area contributed by atoms with Crippen LogP contribution in [0.3, 0.4) is 0 Å². The average Bonchev–Trinajstić information content (AvgIpc) is 2.92. The second-order valence-corrected chi connectivity index (χ2v) is 9.21. The van der Waals surface area contributed by atoms with Crippen molar-refractivity contribution in [2.45, 2.75) is 25.9 Å². The Morgan fingerprint density at radius 3 is 2.32 bits per heavy atom. The predicted molar refractivity (Wildman–Crippen MR) is 134 cm³/mol. The van der Waals surface area contributed by atoms with Crippen molar-refractivity contribution in [1.82, 2.24) is 9.97 Å². The van der Waals surface area contributed by atoms with E-state index in [1.54, 1.807) is 19.9 Å². The van der Waals surface area contributed by atoms with Crippen molar-refractivity contribution < 1.29 is 32.2 Å². The van der Waals surface area contributed by atoms with Gasteiger partial charge in [0.15, 0.2) is 0 Å². The van der Waals surface area contributed by atoms with Crippen LogP contribution in [0.1, 0.15) is 36.5 Å². The SMILES string of the molecule is CCOC(=O)C1=C(C)Nc2nc(N3CCOCC3)nc(N3CCOCC3)c2C1c1ccccc1C(F)(F)F. The van der Waals surface area contributed by atoms with Crippen molar-refractivity contribution in [2.24, 2.45) is 0 Å². The Kier molecular flexibility index (Phi) is 7.44. The molecule has 0 bridgehead atoms. The monoisotopic (exact) mass is 533 g/mol. The van der Waals surface area contributed by atoms with Crippen LogP contribution in [0.2, 0.25) is 0 Å². The highest BCUT2D eigenvalue weighted by atomic mass is 19.4. The van der Waals surface area contributed by atoms with Crippen LogP contribution < -0.4 is 15.1 Å². The lowest BCUT2D eigenvalue weighted by Gasteiger charge is -2.37. The number of benzene rings is 1. The first-order chi connectivity index (χ1) is 18.3. The minimum Gasteiger partial charge on any atom is -0.463 e. The number of ether oxygens (including phenoxy) is 3. The molecular weight excluding hydrogens is 503 g/mol. The molecule has 2 fully saturated rings. The van der Waals surface area contributed by atoms with Gasteiger partial charge in [0.25, 0.3) is 0 Å². The van der Waals surface area contributed by atoms with Gasteiger partial charge in [-0.25, -0.2) is 4.79 Å². The van der Waals surface area contributed by atoms with Gasteiger partial charge in [-0.05, 0) is 25.5 Å². The topological polar surface area (TPSA) is 89.0 Å². The van der Waals surface area contributed by atoms with Crippen LogP contribution in [0.4, 0.5) is 30.8 Å². The van der Waals surface area contributed by atoms with Crippen molar-refractivity contribution >= 4 is 23.6 Å². The lowest BCUT2D eigenvalue weighted by molar-refractivity contribution is -0.140. The van der Waals surface area contributed by atoms with E-state index in [1.165, 1.54) is 12.1 Å². The molecule has 0 aliphatic carbocycles. The van der Waals surface area contributed by atoms with Gasteiger partial charge in [-0.3, -0.25) is 0 Å². The summed E-state index contributed by atoms with van der Waals surface area (Å²) in [6.07, 6.45) is -4.64. The number of morpholine rings is 2. The molecule has 5 rings (SSSR count). The molecule has 38 heavy (non-hydrogen) atoms. The molecule has 1 N–H and O–H groups in total. The zero-order valence-corrected chi connectivity index (χ0v) is 21.3. The zero-order valence-electron chi connectivity index (χ0n) is 21.3. The van der Waals surface area contributed by atoms with Gasteiger partial charge in [-0.1, -0.05) is 18.2 Å². The summed E-state index contributed by atoms with van der Waals surface area (Å²) in [7, 11) is 0. The van der Waals surface area contributed by atoms with Gasteiger partial charge in [0.1, 0.15) is 11.6 Å². The summed E-state index contributed by atoms with van der Waals surface area (Å²) in [4.78, 5) is 26.9. The lowest BCUT2D eigenvalue weighted by Crippen LogP contribution is -2.41. The summed E-state index contributed by atoms with van der Waals surface area (Å²) in [5.41, 5.74) is 0.0278. The van der Waals surface area contributed by atoms with E-state index in [2.05, 4.69) is 5.32 Å². The van der Waals surface area contributed by atoms with Gasteiger partial charge in [0, 0.05) is 37.4 Å². The van der Waals surface area contributed by atoms with Crippen LogP contribution >= 0.6 is 0 Å². The van der Waals surface area contributed by atoms with Gasteiger partial charge in [0.2, 0.25) is 5.95 Å². The molecule has 12 heteroatoms. The molecule has 0 saturated carbocycles. The third-order valence-corrected chi connectivity index (χ3v) is 6.88. The fraction of sp³-hybridized carbons (Fsp3) is 0.500. The summed E-state index contributed by atoms with van der Waals surface area (Å²) >= 11 is 0. The normalized spacial score (nSPS) is 20.2. The number of nitrogens with zero attached hydrogens (tertiary/aromatic N) is 4. The first kappa shape index (κ1) is 26.2. The summed E-state index contributed by atoms with van der Waals surface area (Å²) in [5.74, 6) is -0.481. The number of aromatic nitrogens is 2. The molecule has 0 radical (unpaired) electrons. The maximum atomic E-state index is 14.3. The second-order valence-electron chi connectivity index (χ2n) is 9.21. The summed E-state index contributed by atoms with van der Waals surface area (Å²) in [5, 5.41) is 3.20. The standard InChI is InChI=1S/C26H30F3N5O4/c1-3-38-24(35)19-16(2)30-22-21(20(19)17-6-4-5-7-18(17)26(27,28)29)23(33-8-12-36-13-9-33)32-25(31-22)34-10-14-37-15-11-34/h4-7,20H,3,8-15H2,1-2H3,(H,30,31,32). The number of hydrogen-bond donors (Lipinski definition) is 1. The molecule has 1 aromatic heterocycles. The Labute approximate surface area is 218 Å². The van der Waals surface area contributed by atoms with Gasteiger partial charge in [-0.15, -0.1) is 0 Å². The molecule has 4 heterocycles. The van der Waals surface area contributed by atoms with Crippen LogP contribution in [0.15, 0.2) is 35.5 Å². The molecule has 9 nitrogen and oxygen atoms in total. The first-order valence-corrected chi connectivity index (χ1v) is 12.7. The van der Waals surface area contributed by atoms with Gasteiger partial charge >= 0.3 is 12.1 Å². The Hall–Kier alpha value is -3.38. The molecule has 1 unspecified atom stereocenters. The molecule has 2 saturated heterocycles. The Bertz CT molecular complexity index is 1220. The number of carbonyl (C=O) groups excluding carboxylic acids is 1.